The second-order valence-corrected chi connectivity index (χ2v) is 5.42. The van der Waals surface area contributed by atoms with Gasteiger partial charge in [0.05, 0.1) is 6.10 Å². The lowest BCUT2D eigenvalue weighted by Gasteiger charge is -2.14. The van der Waals surface area contributed by atoms with Crippen molar-refractivity contribution in [3.05, 3.63) is 28.8 Å². The second-order valence-electron chi connectivity index (χ2n) is 4.99. The van der Waals surface area contributed by atoms with Gasteiger partial charge >= 0.3 is 0 Å². The third-order valence-corrected chi connectivity index (χ3v) is 3.60. The first-order chi connectivity index (χ1) is 9.56. The molecule has 1 aliphatic heterocycles. The number of carbonyl (C=O) groups is 1. The van der Waals surface area contributed by atoms with Crippen LogP contribution in [0.2, 0.25) is 5.02 Å². The van der Waals surface area contributed by atoms with Crippen LogP contribution in [0, 0.1) is 12.8 Å². The molecule has 2 unspecified atom stereocenters. The lowest BCUT2D eigenvalue weighted by molar-refractivity contribution is -0.123. The Hall–Kier alpha value is -1.30. The number of carbonyl (C=O) groups excluding carboxylic acids is 1. The zero-order valence-electron chi connectivity index (χ0n) is 11.4. The maximum atomic E-state index is 11.7. The fourth-order valence-corrected chi connectivity index (χ4v) is 2.37. The van der Waals surface area contributed by atoms with Crippen molar-refractivity contribution in [2.45, 2.75) is 13.0 Å². The van der Waals surface area contributed by atoms with Gasteiger partial charge in [0.25, 0.3) is 5.91 Å². The molecule has 1 amide bonds. The number of halogens is 1. The van der Waals surface area contributed by atoms with Gasteiger partial charge in [-0.25, -0.2) is 0 Å². The van der Waals surface area contributed by atoms with Gasteiger partial charge in [0, 0.05) is 30.6 Å². The van der Waals surface area contributed by atoms with Crippen molar-refractivity contribution in [1.29, 1.82) is 0 Å². The molecular formula is C14H19ClN2O3. The molecule has 0 radical (unpaired) electrons. The molecule has 2 atom stereocenters. The summed E-state index contributed by atoms with van der Waals surface area (Å²) in [5.74, 6) is 0.516. The molecule has 1 heterocycles. The number of rotatable bonds is 5. The Balaban J connectivity index is 1.74. The molecule has 3 N–H and O–H groups in total. The number of nitrogens with one attached hydrogen (secondary N) is 2. The number of hydrogen-bond acceptors (Lipinski definition) is 4. The quantitative estimate of drug-likeness (QED) is 0.749. The molecule has 2 rings (SSSR count). The first kappa shape index (κ1) is 15.1. The van der Waals surface area contributed by atoms with Crippen LogP contribution in [-0.2, 0) is 4.79 Å². The molecule has 110 valence electrons. The minimum absolute atomic E-state index is 0.0429. The third kappa shape index (κ3) is 4.10. The summed E-state index contributed by atoms with van der Waals surface area (Å²) in [5, 5.41) is 16.1. The van der Waals surface area contributed by atoms with Crippen molar-refractivity contribution in [3.8, 4) is 5.75 Å². The highest BCUT2D eigenvalue weighted by Crippen LogP contribution is 2.21. The van der Waals surface area contributed by atoms with Gasteiger partial charge in [-0.3, -0.25) is 4.79 Å². The molecule has 1 aromatic carbocycles. The lowest BCUT2D eigenvalue weighted by Crippen LogP contribution is -2.36. The van der Waals surface area contributed by atoms with Crippen molar-refractivity contribution in [3.63, 3.8) is 0 Å². The van der Waals surface area contributed by atoms with E-state index in [1.165, 1.54) is 0 Å². The maximum Gasteiger partial charge on any atom is 0.257 e. The van der Waals surface area contributed by atoms with E-state index in [1.54, 1.807) is 18.2 Å². The van der Waals surface area contributed by atoms with Gasteiger partial charge in [0.1, 0.15) is 5.75 Å². The lowest BCUT2D eigenvalue weighted by atomic mass is 10.1. The summed E-state index contributed by atoms with van der Waals surface area (Å²) < 4.78 is 5.45. The number of aliphatic hydroxyl groups excluding tert-OH is 1. The van der Waals surface area contributed by atoms with Gasteiger partial charge in [0.2, 0.25) is 0 Å². The third-order valence-electron chi connectivity index (χ3n) is 3.36. The molecule has 1 aromatic rings. The number of β-amino-alcohol motifs (C(OH)–C–C–N with tert-alkyl or cyclic N) is 1. The van der Waals surface area contributed by atoms with Crippen LogP contribution in [0.3, 0.4) is 0 Å². The summed E-state index contributed by atoms with van der Waals surface area (Å²) in [6, 6.07) is 5.26. The van der Waals surface area contributed by atoms with Gasteiger partial charge in [-0.05, 0) is 30.7 Å². The number of aryl methyl sites for hydroxylation is 1. The van der Waals surface area contributed by atoms with E-state index in [2.05, 4.69) is 10.6 Å². The van der Waals surface area contributed by atoms with Crippen molar-refractivity contribution >= 4 is 17.5 Å². The predicted octanol–water partition coefficient (Wildman–Crippen LogP) is 0.724. The largest absolute Gasteiger partial charge is 0.484 e. The second kappa shape index (κ2) is 6.92. The number of benzene rings is 1. The Morgan fingerprint density at radius 3 is 3.00 bits per heavy atom. The molecule has 0 saturated carbocycles. The van der Waals surface area contributed by atoms with Crippen molar-refractivity contribution in [2.75, 3.05) is 26.2 Å². The van der Waals surface area contributed by atoms with Crippen LogP contribution in [0.1, 0.15) is 5.56 Å². The molecule has 0 aliphatic carbocycles. The highest BCUT2D eigenvalue weighted by molar-refractivity contribution is 6.30. The van der Waals surface area contributed by atoms with Crippen LogP contribution >= 0.6 is 11.6 Å². The van der Waals surface area contributed by atoms with Crippen LogP contribution in [0.4, 0.5) is 0 Å². The molecule has 0 spiro atoms. The van der Waals surface area contributed by atoms with Crippen molar-refractivity contribution in [1.82, 2.24) is 10.6 Å². The van der Waals surface area contributed by atoms with Gasteiger partial charge in [0.15, 0.2) is 6.61 Å². The summed E-state index contributed by atoms with van der Waals surface area (Å²) >= 11 is 5.85. The summed E-state index contributed by atoms with van der Waals surface area (Å²) in [6.07, 6.45) is -0.394. The SMILES string of the molecule is Cc1cc(Cl)ccc1OCC(=O)NCC1CNCC1O. The highest BCUT2D eigenvalue weighted by atomic mass is 35.5. The Kier molecular flexibility index (Phi) is 5.23. The maximum absolute atomic E-state index is 11.7. The summed E-state index contributed by atoms with van der Waals surface area (Å²) in [6.45, 7) is 3.59. The van der Waals surface area contributed by atoms with Crippen LogP contribution < -0.4 is 15.4 Å². The minimum atomic E-state index is -0.394. The molecular weight excluding hydrogens is 280 g/mol. The van der Waals surface area contributed by atoms with E-state index < -0.39 is 6.10 Å². The molecule has 0 aromatic heterocycles. The average Bonchev–Trinajstić information content (AvgIpc) is 2.81. The number of ether oxygens (including phenoxy) is 1. The molecule has 1 aliphatic rings. The summed E-state index contributed by atoms with van der Waals surface area (Å²) in [4.78, 5) is 11.7. The predicted molar refractivity (Wildman–Crippen MR) is 77.1 cm³/mol. The van der Waals surface area contributed by atoms with Crippen molar-refractivity contribution < 1.29 is 14.6 Å². The molecule has 20 heavy (non-hydrogen) atoms. The average molecular weight is 299 g/mol. The van der Waals surface area contributed by atoms with E-state index >= 15 is 0 Å². The summed E-state index contributed by atoms with van der Waals surface area (Å²) in [7, 11) is 0. The number of hydrogen-bond donors (Lipinski definition) is 3. The van der Waals surface area contributed by atoms with Crippen LogP contribution in [0.5, 0.6) is 5.75 Å². The van der Waals surface area contributed by atoms with Crippen LogP contribution in [0.15, 0.2) is 18.2 Å². The minimum Gasteiger partial charge on any atom is -0.484 e. The first-order valence-electron chi connectivity index (χ1n) is 6.60. The normalized spacial score (nSPS) is 21.8. The highest BCUT2D eigenvalue weighted by Gasteiger charge is 2.24. The van der Waals surface area contributed by atoms with Crippen molar-refractivity contribution in [2.24, 2.45) is 5.92 Å². The Labute approximate surface area is 123 Å². The Bertz CT molecular complexity index is 481. The van der Waals surface area contributed by atoms with E-state index in [0.29, 0.717) is 23.9 Å². The van der Waals surface area contributed by atoms with Gasteiger partial charge in [-0.15, -0.1) is 0 Å². The van der Waals surface area contributed by atoms with E-state index in [-0.39, 0.29) is 18.4 Å². The standard InChI is InChI=1S/C14H19ClN2O3/c1-9-4-11(15)2-3-13(9)20-8-14(19)17-6-10-5-16-7-12(10)18/h2-4,10,12,16,18H,5-8H2,1H3,(H,17,19). The zero-order chi connectivity index (χ0) is 14.5. The molecule has 1 fully saturated rings. The molecule has 5 nitrogen and oxygen atoms in total. The van der Waals surface area contributed by atoms with Gasteiger partial charge < -0.3 is 20.5 Å². The first-order valence-corrected chi connectivity index (χ1v) is 6.98. The molecule has 0 bridgehead atoms. The van der Waals surface area contributed by atoms with Crippen LogP contribution in [-0.4, -0.2) is 43.4 Å². The molecule has 1 saturated heterocycles. The number of amides is 1. The fourth-order valence-electron chi connectivity index (χ4n) is 2.14. The Morgan fingerprint density at radius 2 is 2.35 bits per heavy atom. The smallest absolute Gasteiger partial charge is 0.257 e. The summed E-state index contributed by atoms with van der Waals surface area (Å²) in [5.41, 5.74) is 0.890. The monoisotopic (exact) mass is 298 g/mol. The van der Waals surface area contributed by atoms with E-state index in [4.69, 9.17) is 16.3 Å². The number of aliphatic hydroxyl groups is 1. The van der Waals surface area contributed by atoms with Crippen LogP contribution in [0.25, 0.3) is 0 Å². The van der Waals surface area contributed by atoms with Gasteiger partial charge in [-0.2, -0.15) is 0 Å². The van der Waals surface area contributed by atoms with Gasteiger partial charge in [-0.1, -0.05) is 11.6 Å². The van der Waals surface area contributed by atoms with E-state index in [1.807, 2.05) is 6.92 Å². The van der Waals surface area contributed by atoms with E-state index in [9.17, 15) is 9.90 Å². The topological polar surface area (TPSA) is 70.6 Å². The zero-order valence-corrected chi connectivity index (χ0v) is 12.1. The molecule has 6 heteroatoms. The van der Waals surface area contributed by atoms with E-state index in [0.717, 1.165) is 12.1 Å². The Morgan fingerprint density at radius 1 is 1.55 bits per heavy atom. The fraction of sp³-hybridized carbons (Fsp3) is 0.500.